The van der Waals surface area contributed by atoms with Gasteiger partial charge in [0.25, 0.3) is 0 Å². The average Bonchev–Trinajstić information content (AvgIpc) is 3.15. The third kappa shape index (κ3) is 7.60. The molecule has 0 saturated carbocycles. The summed E-state index contributed by atoms with van der Waals surface area (Å²) < 4.78 is 5.38. The normalized spacial score (nSPS) is 11.8. The first-order valence-electron chi connectivity index (χ1n) is 9.24. The van der Waals surface area contributed by atoms with Gasteiger partial charge in [-0.25, -0.2) is 4.79 Å². The molecule has 0 spiro atoms. The number of carbonyl (C=O) groups excluding carboxylic acids is 1. The molecule has 2 rings (SSSR count). The van der Waals surface area contributed by atoms with Crippen molar-refractivity contribution >= 4 is 23.4 Å². The van der Waals surface area contributed by atoms with Crippen LogP contribution in [0, 0.1) is 0 Å². The van der Waals surface area contributed by atoms with Gasteiger partial charge in [-0.3, -0.25) is 4.99 Å². The summed E-state index contributed by atoms with van der Waals surface area (Å²) in [4.78, 5) is 17.9. The van der Waals surface area contributed by atoms with E-state index in [4.69, 9.17) is 4.74 Å². The average molecular weight is 403 g/mol. The van der Waals surface area contributed by atoms with E-state index in [0.717, 1.165) is 23.6 Å². The third-order valence-electron chi connectivity index (χ3n) is 3.87. The van der Waals surface area contributed by atoms with Gasteiger partial charge < -0.3 is 20.3 Å². The predicted molar refractivity (Wildman–Crippen MR) is 116 cm³/mol. The standard InChI is InChI=1S/C21H30N4O2S/c1-21(2,3)27-20(26)25(5)14-17-8-6-16(7-9-17)12-23-19(22-4)24-13-18-10-11-28-15-18/h6-11,15H,12-14H2,1-5H3,(H2,22,23,24). The van der Waals surface area contributed by atoms with E-state index in [2.05, 4.69) is 44.6 Å². The van der Waals surface area contributed by atoms with E-state index >= 15 is 0 Å². The number of aliphatic imine (C=N–C) groups is 1. The van der Waals surface area contributed by atoms with Gasteiger partial charge >= 0.3 is 6.09 Å². The number of nitrogens with one attached hydrogen (secondary N) is 2. The Morgan fingerprint density at radius 3 is 2.21 bits per heavy atom. The Labute approximate surface area is 171 Å². The van der Waals surface area contributed by atoms with Crippen LogP contribution in [0.25, 0.3) is 0 Å². The Hall–Kier alpha value is -2.54. The largest absolute Gasteiger partial charge is 0.444 e. The van der Waals surface area contributed by atoms with Gasteiger partial charge in [-0.05, 0) is 54.3 Å². The maximum absolute atomic E-state index is 12.1. The lowest BCUT2D eigenvalue weighted by atomic mass is 10.1. The molecule has 0 aliphatic rings. The van der Waals surface area contributed by atoms with Gasteiger partial charge in [0.2, 0.25) is 0 Å². The Morgan fingerprint density at radius 2 is 1.68 bits per heavy atom. The molecule has 152 valence electrons. The fraction of sp³-hybridized carbons (Fsp3) is 0.429. The molecule has 0 radical (unpaired) electrons. The van der Waals surface area contributed by atoms with Crippen LogP contribution in [0.5, 0.6) is 0 Å². The highest BCUT2D eigenvalue weighted by molar-refractivity contribution is 7.07. The molecule has 0 bridgehead atoms. The maximum Gasteiger partial charge on any atom is 0.410 e. The van der Waals surface area contributed by atoms with E-state index in [1.807, 2.05) is 32.9 Å². The molecule has 2 N–H and O–H groups in total. The molecular weight excluding hydrogens is 372 g/mol. The minimum Gasteiger partial charge on any atom is -0.444 e. The summed E-state index contributed by atoms with van der Waals surface area (Å²) in [5, 5.41) is 10.8. The number of amides is 1. The number of hydrogen-bond donors (Lipinski definition) is 2. The van der Waals surface area contributed by atoms with E-state index in [1.165, 1.54) is 5.56 Å². The first-order chi connectivity index (χ1) is 13.3. The second kappa shape index (κ2) is 10.1. The summed E-state index contributed by atoms with van der Waals surface area (Å²) in [6, 6.07) is 10.3. The van der Waals surface area contributed by atoms with Crippen molar-refractivity contribution in [2.75, 3.05) is 14.1 Å². The smallest absolute Gasteiger partial charge is 0.410 e. The molecule has 0 aliphatic heterocycles. The first kappa shape index (κ1) is 21.8. The number of nitrogens with zero attached hydrogens (tertiary/aromatic N) is 2. The zero-order valence-corrected chi connectivity index (χ0v) is 18.1. The van der Waals surface area contributed by atoms with Crippen LogP contribution in [0.15, 0.2) is 46.1 Å². The van der Waals surface area contributed by atoms with Gasteiger partial charge in [0, 0.05) is 33.7 Å². The zero-order valence-electron chi connectivity index (χ0n) is 17.3. The third-order valence-corrected chi connectivity index (χ3v) is 4.60. The SMILES string of the molecule is CN=C(NCc1ccc(CN(C)C(=O)OC(C)(C)C)cc1)NCc1ccsc1. The lowest BCUT2D eigenvalue weighted by molar-refractivity contribution is 0.0285. The van der Waals surface area contributed by atoms with Crippen molar-refractivity contribution in [3.63, 3.8) is 0 Å². The molecular formula is C21H30N4O2S. The zero-order chi connectivity index (χ0) is 20.6. The van der Waals surface area contributed by atoms with Crippen LogP contribution in [0.2, 0.25) is 0 Å². The minimum atomic E-state index is -0.489. The quantitative estimate of drug-likeness (QED) is 0.567. The lowest BCUT2D eigenvalue weighted by Gasteiger charge is -2.24. The van der Waals surface area contributed by atoms with E-state index in [-0.39, 0.29) is 6.09 Å². The summed E-state index contributed by atoms with van der Waals surface area (Å²) in [6.45, 7) is 7.52. The Kier molecular flexibility index (Phi) is 7.87. The Balaban J connectivity index is 1.80. The van der Waals surface area contributed by atoms with E-state index in [0.29, 0.717) is 13.1 Å². The number of thiophene rings is 1. The molecule has 1 heterocycles. The van der Waals surface area contributed by atoms with Crippen LogP contribution in [0.1, 0.15) is 37.5 Å². The van der Waals surface area contributed by atoms with E-state index in [1.54, 1.807) is 30.3 Å². The summed E-state index contributed by atoms with van der Waals surface area (Å²) in [5.74, 6) is 0.764. The van der Waals surface area contributed by atoms with Gasteiger partial charge in [-0.2, -0.15) is 11.3 Å². The summed E-state index contributed by atoms with van der Waals surface area (Å²) in [5.41, 5.74) is 2.95. The molecule has 2 aromatic rings. The van der Waals surface area contributed by atoms with E-state index < -0.39 is 5.60 Å². The molecule has 0 fully saturated rings. The summed E-state index contributed by atoms with van der Waals surface area (Å²) >= 11 is 1.69. The molecule has 0 atom stereocenters. The molecule has 1 aromatic carbocycles. The van der Waals surface area contributed by atoms with Crippen molar-refractivity contribution in [2.45, 2.75) is 46.0 Å². The fourth-order valence-electron chi connectivity index (χ4n) is 2.43. The van der Waals surface area contributed by atoms with E-state index in [9.17, 15) is 4.79 Å². The number of rotatable bonds is 6. The van der Waals surface area contributed by atoms with Crippen molar-refractivity contribution in [1.29, 1.82) is 0 Å². The minimum absolute atomic E-state index is 0.321. The molecule has 1 aromatic heterocycles. The van der Waals surface area contributed by atoms with Crippen LogP contribution >= 0.6 is 11.3 Å². The van der Waals surface area contributed by atoms with Crippen LogP contribution in [0.3, 0.4) is 0 Å². The second-order valence-corrected chi connectivity index (χ2v) is 8.34. The van der Waals surface area contributed by atoms with Gasteiger partial charge in [0.05, 0.1) is 0 Å². The van der Waals surface area contributed by atoms with Crippen molar-refractivity contribution < 1.29 is 9.53 Å². The number of hydrogen-bond acceptors (Lipinski definition) is 4. The highest BCUT2D eigenvalue weighted by Gasteiger charge is 2.19. The number of benzene rings is 1. The lowest BCUT2D eigenvalue weighted by Crippen LogP contribution is -2.36. The van der Waals surface area contributed by atoms with Gasteiger partial charge in [0.1, 0.15) is 5.60 Å². The second-order valence-electron chi connectivity index (χ2n) is 7.56. The van der Waals surface area contributed by atoms with Gasteiger partial charge in [0.15, 0.2) is 5.96 Å². The molecule has 0 saturated heterocycles. The van der Waals surface area contributed by atoms with Crippen LogP contribution < -0.4 is 10.6 Å². The predicted octanol–water partition coefficient (Wildman–Crippen LogP) is 3.98. The molecule has 0 unspecified atom stereocenters. The molecule has 7 heteroatoms. The monoisotopic (exact) mass is 402 g/mol. The van der Waals surface area contributed by atoms with Gasteiger partial charge in [-0.15, -0.1) is 0 Å². The van der Waals surface area contributed by atoms with Crippen LogP contribution in [-0.4, -0.2) is 36.6 Å². The fourth-order valence-corrected chi connectivity index (χ4v) is 3.09. The number of ether oxygens (including phenoxy) is 1. The highest BCUT2D eigenvalue weighted by atomic mass is 32.1. The summed E-state index contributed by atoms with van der Waals surface area (Å²) in [7, 11) is 3.51. The topological polar surface area (TPSA) is 66.0 Å². The number of guanidine groups is 1. The molecule has 28 heavy (non-hydrogen) atoms. The maximum atomic E-state index is 12.1. The summed E-state index contributed by atoms with van der Waals surface area (Å²) in [6.07, 6.45) is -0.321. The molecule has 1 amide bonds. The van der Waals surface area contributed by atoms with Crippen LogP contribution in [0.4, 0.5) is 4.79 Å². The highest BCUT2D eigenvalue weighted by Crippen LogP contribution is 2.12. The number of carbonyl (C=O) groups is 1. The molecule has 6 nitrogen and oxygen atoms in total. The van der Waals surface area contributed by atoms with Crippen molar-refractivity contribution in [3.8, 4) is 0 Å². The molecule has 0 aliphatic carbocycles. The first-order valence-corrected chi connectivity index (χ1v) is 10.2. The van der Waals surface area contributed by atoms with Gasteiger partial charge in [-0.1, -0.05) is 24.3 Å². The van der Waals surface area contributed by atoms with Crippen molar-refractivity contribution in [1.82, 2.24) is 15.5 Å². The van der Waals surface area contributed by atoms with Crippen molar-refractivity contribution in [2.24, 2.45) is 4.99 Å². The Morgan fingerprint density at radius 1 is 1.07 bits per heavy atom. The van der Waals surface area contributed by atoms with Crippen LogP contribution in [-0.2, 0) is 24.4 Å². The Bertz CT molecular complexity index is 765. The van der Waals surface area contributed by atoms with Crippen molar-refractivity contribution in [3.05, 3.63) is 57.8 Å².